The normalized spacial score (nSPS) is 14.9. The number of carbonyl (C=O) groups excluding carboxylic acids is 3. The van der Waals surface area contributed by atoms with E-state index in [1.807, 2.05) is 31.2 Å². The molecule has 2 aromatic rings. The lowest BCUT2D eigenvalue weighted by Crippen LogP contribution is -2.32. The van der Waals surface area contributed by atoms with E-state index in [4.69, 9.17) is 4.74 Å². The Bertz CT molecular complexity index is 942. The van der Waals surface area contributed by atoms with Crippen LogP contribution in [0.5, 0.6) is 0 Å². The molecule has 2 amide bonds. The summed E-state index contributed by atoms with van der Waals surface area (Å²) in [6.45, 7) is 4.74. The van der Waals surface area contributed by atoms with Gasteiger partial charge in [-0.25, -0.2) is 4.79 Å². The van der Waals surface area contributed by atoms with Gasteiger partial charge in [0.2, 0.25) is 0 Å². The maximum absolute atomic E-state index is 13.0. The third-order valence-corrected chi connectivity index (χ3v) is 4.97. The molecule has 134 valence electrons. The van der Waals surface area contributed by atoms with Crippen LogP contribution in [0.3, 0.4) is 0 Å². The minimum absolute atomic E-state index is 0.202. The first kappa shape index (κ1) is 16.6. The molecule has 0 fully saturated rings. The number of hydrogen-bond donors (Lipinski definition) is 0. The zero-order valence-corrected chi connectivity index (χ0v) is 14.9. The molecule has 2 aliphatic rings. The second-order valence-corrected chi connectivity index (χ2v) is 6.49. The first-order chi connectivity index (χ1) is 12.6. The molecule has 1 aromatic carbocycles. The minimum Gasteiger partial charge on any atom is -0.461 e. The summed E-state index contributed by atoms with van der Waals surface area (Å²) in [7, 11) is 0. The van der Waals surface area contributed by atoms with Crippen LogP contribution in [0.2, 0.25) is 0 Å². The fraction of sp³-hybridized carbons (Fsp3) is 0.350. The largest absolute Gasteiger partial charge is 0.461 e. The molecule has 0 saturated carbocycles. The number of fused-ring (bicyclic) bond motifs is 5. The Kier molecular flexibility index (Phi) is 3.90. The van der Waals surface area contributed by atoms with Crippen LogP contribution < -0.4 is 0 Å². The Labute approximate surface area is 151 Å². The number of nitrogens with zero attached hydrogens (tertiary/aromatic N) is 2. The number of imide groups is 1. The number of esters is 1. The molecule has 3 heterocycles. The van der Waals surface area contributed by atoms with Crippen molar-refractivity contribution in [2.45, 2.75) is 33.2 Å². The van der Waals surface area contributed by atoms with Crippen molar-refractivity contribution in [2.24, 2.45) is 0 Å². The summed E-state index contributed by atoms with van der Waals surface area (Å²) in [6.07, 6.45) is 1.41. The highest BCUT2D eigenvalue weighted by atomic mass is 16.5. The zero-order valence-electron chi connectivity index (χ0n) is 14.9. The first-order valence-electron chi connectivity index (χ1n) is 8.98. The van der Waals surface area contributed by atoms with Gasteiger partial charge in [0.25, 0.3) is 11.8 Å². The highest BCUT2D eigenvalue weighted by molar-refractivity contribution is 6.27. The lowest BCUT2D eigenvalue weighted by Gasteiger charge is -2.23. The molecule has 2 aliphatic heterocycles. The monoisotopic (exact) mass is 352 g/mol. The Morgan fingerprint density at radius 1 is 1.12 bits per heavy atom. The molecule has 0 aliphatic carbocycles. The summed E-state index contributed by atoms with van der Waals surface area (Å²) in [4.78, 5) is 39.8. The Morgan fingerprint density at radius 2 is 1.85 bits per heavy atom. The molecule has 0 unspecified atom stereocenters. The van der Waals surface area contributed by atoms with Gasteiger partial charge < -0.3 is 9.30 Å². The lowest BCUT2D eigenvalue weighted by molar-refractivity contribution is 0.0504. The molecule has 0 N–H and O–H groups in total. The summed E-state index contributed by atoms with van der Waals surface area (Å²) < 4.78 is 7.00. The minimum atomic E-state index is -0.547. The van der Waals surface area contributed by atoms with Crippen molar-refractivity contribution >= 4 is 17.8 Å². The Hall–Kier alpha value is -2.89. The zero-order chi connectivity index (χ0) is 18.4. The maximum Gasteiger partial charge on any atom is 0.355 e. The summed E-state index contributed by atoms with van der Waals surface area (Å²) in [5, 5.41) is 0. The second-order valence-electron chi connectivity index (χ2n) is 6.49. The van der Waals surface area contributed by atoms with Crippen LogP contribution >= 0.6 is 0 Å². The van der Waals surface area contributed by atoms with Gasteiger partial charge in [-0.2, -0.15) is 0 Å². The van der Waals surface area contributed by atoms with Gasteiger partial charge in [-0.3, -0.25) is 14.5 Å². The smallest absolute Gasteiger partial charge is 0.355 e. The molecule has 0 radical (unpaired) electrons. The van der Waals surface area contributed by atoms with Crippen molar-refractivity contribution in [3.8, 4) is 11.3 Å². The molecule has 4 rings (SSSR count). The summed E-state index contributed by atoms with van der Waals surface area (Å²) in [6, 6.07) is 7.83. The molecular weight excluding hydrogens is 332 g/mol. The van der Waals surface area contributed by atoms with Crippen molar-refractivity contribution in [3.63, 3.8) is 0 Å². The van der Waals surface area contributed by atoms with Crippen LogP contribution in [-0.4, -0.2) is 40.4 Å². The van der Waals surface area contributed by atoms with Crippen molar-refractivity contribution in [1.29, 1.82) is 0 Å². The van der Waals surface area contributed by atoms with Crippen LogP contribution in [0, 0.1) is 0 Å². The van der Waals surface area contributed by atoms with E-state index in [-0.39, 0.29) is 23.8 Å². The molecule has 6 heteroatoms. The van der Waals surface area contributed by atoms with E-state index in [9.17, 15) is 14.4 Å². The predicted octanol–water partition coefficient (Wildman–Crippen LogP) is 2.89. The molecular formula is C20H20N2O4. The van der Waals surface area contributed by atoms with Gasteiger partial charge in [0.1, 0.15) is 5.69 Å². The van der Waals surface area contributed by atoms with Gasteiger partial charge >= 0.3 is 5.97 Å². The number of aryl methyl sites for hydroxylation is 1. The summed E-state index contributed by atoms with van der Waals surface area (Å²) in [5.41, 5.74) is 3.45. The number of ether oxygens (including phenoxy) is 1. The summed E-state index contributed by atoms with van der Waals surface area (Å²) in [5.74, 6) is -1.26. The van der Waals surface area contributed by atoms with Gasteiger partial charge in [0.05, 0.1) is 23.4 Å². The quantitative estimate of drug-likeness (QED) is 0.627. The topological polar surface area (TPSA) is 68.6 Å². The highest BCUT2D eigenvalue weighted by Crippen LogP contribution is 2.41. The van der Waals surface area contributed by atoms with E-state index in [1.54, 1.807) is 11.5 Å². The van der Waals surface area contributed by atoms with E-state index >= 15 is 0 Å². The molecule has 26 heavy (non-hydrogen) atoms. The summed E-state index contributed by atoms with van der Waals surface area (Å²) >= 11 is 0. The van der Waals surface area contributed by atoms with E-state index in [1.165, 1.54) is 4.90 Å². The van der Waals surface area contributed by atoms with Crippen molar-refractivity contribution in [3.05, 3.63) is 46.6 Å². The van der Waals surface area contributed by atoms with Crippen molar-refractivity contribution in [1.82, 2.24) is 9.47 Å². The number of hydrogen-bond acceptors (Lipinski definition) is 4. The standard InChI is InChI=1S/C20H20N2O4/c1-3-10-22-18(23)14-15(19(22)24)17(20(25)26-4-2)21-11-9-12-7-5-6-8-13(12)16(14)21/h5-8H,3-4,9-11H2,1-2H3. The van der Waals surface area contributed by atoms with E-state index in [0.29, 0.717) is 30.8 Å². The lowest BCUT2D eigenvalue weighted by atomic mass is 9.96. The van der Waals surface area contributed by atoms with E-state index in [0.717, 1.165) is 17.5 Å². The van der Waals surface area contributed by atoms with Gasteiger partial charge in [-0.05, 0) is 25.3 Å². The van der Waals surface area contributed by atoms with E-state index in [2.05, 4.69) is 0 Å². The number of carbonyl (C=O) groups is 3. The van der Waals surface area contributed by atoms with Crippen molar-refractivity contribution in [2.75, 3.05) is 13.2 Å². The SMILES string of the molecule is CCCN1C(=O)c2c(c3n(c2C(=O)OCC)CCc2ccccc2-3)C1=O. The Morgan fingerprint density at radius 3 is 2.58 bits per heavy atom. The number of aromatic nitrogens is 1. The van der Waals surface area contributed by atoms with Gasteiger partial charge in [0, 0.05) is 18.7 Å². The first-order valence-corrected chi connectivity index (χ1v) is 8.98. The third-order valence-electron chi connectivity index (χ3n) is 4.97. The highest BCUT2D eigenvalue weighted by Gasteiger charge is 2.46. The Balaban J connectivity index is 2.01. The van der Waals surface area contributed by atoms with Crippen LogP contribution in [0.25, 0.3) is 11.3 Å². The van der Waals surface area contributed by atoms with Gasteiger partial charge in [-0.15, -0.1) is 0 Å². The van der Waals surface area contributed by atoms with E-state index < -0.39 is 11.9 Å². The van der Waals surface area contributed by atoms with Crippen LogP contribution in [-0.2, 0) is 17.7 Å². The van der Waals surface area contributed by atoms with Gasteiger partial charge in [-0.1, -0.05) is 31.2 Å². The number of benzene rings is 1. The average Bonchev–Trinajstić information content (AvgIpc) is 3.11. The number of amides is 2. The molecule has 6 nitrogen and oxygen atoms in total. The average molecular weight is 352 g/mol. The van der Waals surface area contributed by atoms with Crippen molar-refractivity contribution < 1.29 is 19.1 Å². The van der Waals surface area contributed by atoms with Crippen LogP contribution in [0.1, 0.15) is 57.0 Å². The molecule has 1 aromatic heterocycles. The molecule has 0 atom stereocenters. The number of rotatable bonds is 4. The maximum atomic E-state index is 13.0. The second kappa shape index (κ2) is 6.12. The predicted molar refractivity (Wildman–Crippen MR) is 95.2 cm³/mol. The molecule has 0 saturated heterocycles. The fourth-order valence-electron chi connectivity index (χ4n) is 3.94. The van der Waals surface area contributed by atoms with Crippen LogP contribution in [0.15, 0.2) is 24.3 Å². The van der Waals surface area contributed by atoms with Gasteiger partial charge in [0.15, 0.2) is 0 Å². The fourth-order valence-corrected chi connectivity index (χ4v) is 3.94. The molecule has 0 spiro atoms. The van der Waals surface area contributed by atoms with Crippen LogP contribution in [0.4, 0.5) is 0 Å². The third kappa shape index (κ3) is 2.14. The molecule has 0 bridgehead atoms.